The number of carboxylic acids is 1. The van der Waals surface area contributed by atoms with E-state index in [9.17, 15) is 9.59 Å². The zero-order chi connectivity index (χ0) is 9.84. The molecule has 72 valence electrons. The number of carbonyl (C=O) groups is 2. The molecule has 0 bridgehead atoms. The second kappa shape index (κ2) is 4.32. The Morgan fingerprint density at radius 1 is 1.77 bits per heavy atom. The van der Waals surface area contributed by atoms with Gasteiger partial charge >= 0.3 is 5.97 Å². The summed E-state index contributed by atoms with van der Waals surface area (Å²) in [6.45, 7) is 2.65. The summed E-state index contributed by atoms with van der Waals surface area (Å²) in [6, 6.07) is 0. The molecule has 0 saturated carbocycles. The normalized spacial score (nSPS) is 18.1. The van der Waals surface area contributed by atoms with Gasteiger partial charge in [0.2, 0.25) is 0 Å². The standard InChI is InChI=1S/C8H11NO3S/c1-6(7(10)11)2-3-9-4-5-13-8(9)12/h2H,3-5H2,1H3,(H,10,11)/b6-2+. The van der Waals surface area contributed by atoms with Gasteiger partial charge in [-0.1, -0.05) is 17.8 Å². The molecular weight excluding hydrogens is 190 g/mol. The van der Waals surface area contributed by atoms with Crippen LogP contribution < -0.4 is 0 Å². The van der Waals surface area contributed by atoms with E-state index in [1.54, 1.807) is 11.0 Å². The van der Waals surface area contributed by atoms with Gasteiger partial charge in [0.25, 0.3) is 5.24 Å². The Labute approximate surface area is 80.6 Å². The van der Waals surface area contributed by atoms with Crippen molar-refractivity contribution >= 4 is 23.0 Å². The van der Waals surface area contributed by atoms with Gasteiger partial charge in [0, 0.05) is 24.4 Å². The molecule has 1 aliphatic heterocycles. The molecule has 1 rings (SSSR count). The first-order valence-electron chi connectivity index (χ1n) is 3.93. The van der Waals surface area contributed by atoms with Crippen LogP contribution in [0.25, 0.3) is 0 Å². The van der Waals surface area contributed by atoms with Crippen molar-refractivity contribution in [1.82, 2.24) is 4.90 Å². The Morgan fingerprint density at radius 3 is 2.92 bits per heavy atom. The number of rotatable bonds is 3. The molecule has 1 N–H and O–H groups in total. The van der Waals surface area contributed by atoms with Crippen LogP contribution in [0, 0.1) is 0 Å². The second-order valence-electron chi connectivity index (χ2n) is 2.75. The van der Waals surface area contributed by atoms with Crippen molar-refractivity contribution in [3.8, 4) is 0 Å². The van der Waals surface area contributed by atoms with Crippen molar-refractivity contribution in [3.63, 3.8) is 0 Å². The molecule has 0 unspecified atom stereocenters. The lowest BCUT2D eigenvalue weighted by Crippen LogP contribution is -2.23. The Morgan fingerprint density at radius 2 is 2.46 bits per heavy atom. The SMILES string of the molecule is C/C(=C\CN1CCSC1=O)C(=O)O. The van der Waals surface area contributed by atoms with Gasteiger partial charge in [-0.2, -0.15) is 0 Å². The van der Waals surface area contributed by atoms with E-state index in [-0.39, 0.29) is 10.8 Å². The van der Waals surface area contributed by atoms with E-state index in [4.69, 9.17) is 5.11 Å². The van der Waals surface area contributed by atoms with Gasteiger partial charge < -0.3 is 10.0 Å². The van der Waals surface area contributed by atoms with Crippen LogP contribution in [0.1, 0.15) is 6.92 Å². The van der Waals surface area contributed by atoms with Crippen molar-refractivity contribution in [3.05, 3.63) is 11.6 Å². The third kappa shape index (κ3) is 2.77. The minimum Gasteiger partial charge on any atom is -0.478 e. The number of hydrogen-bond acceptors (Lipinski definition) is 3. The number of thioether (sulfide) groups is 1. The van der Waals surface area contributed by atoms with Gasteiger partial charge in [-0.3, -0.25) is 4.79 Å². The second-order valence-corrected chi connectivity index (χ2v) is 3.80. The van der Waals surface area contributed by atoms with Gasteiger partial charge in [0.05, 0.1) is 0 Å². The number of hydrogen-bond donors (Lipinski definition) is 1. The Balaban J connectivity index is 2.45. The fourth-order valence-corrected chi connectivity index (χ4v) is 1.76. The summed E-state index contributed by atoms with van der Waals surface area (Å²) >= 11 is 1.28. The number of nitrogens with zero attached hydrogens (tertiary/aromatic N) is 1. The van der Waals surface area contributed by atoms with E-state index in [0.717, 1.165) is 5.75 Å². The number of aliphatic carboxylic acids is 1. The number of carboxylic acid groups (broad SMARTS) is 1. The van der Waals surface area contributed by atoms with Crippen molar-refractivity contribution in [2.24, 2.45) is 0 Å². The maximum Gasteiger partial charge on any atom is 0.331 e. The summed E-state index contributed by atoms with van der Waals surface area (Å²) in [5.74, 6) is -0.127. The highest BCUT2D eigenvalue weighted by atomic mass is 32.2. The third-order valence-electron chi connectivity index (χ3n) is 1.80. The van der Waals surface area contributed by atoms with Gasteiger partial charge in [-0.15, -0.1) is 0 Å². The molecular formula is C8H11NO3S. The van der Waals surface area contributed by atoms with Crippen LogP contribution in [0.15, 0.2) is 11.6 Å². The van der Waals surface area contributed by atoms with E-state index in [1.807, 2.05) is 0 Å². The van der Waals surface area contributed by atoms with Gasteiger partial charge in [0.1, 0.15) is 0 Å². The number of amides is 1. The van der Waals surface area contributed by atoms with Crippen LogP contribution in [-0.2, 0) is 4.79 Å². The first kappa shape index (κ1) is 10.1. The molecule has 1 amide bonds. The topological polar surface area (TPSA) is 57.6 Å². The van der Waals surface area contributed by atoms with Crippen LogP contribution in [0.3, 0.4) is 0 Å². The third-order valence-corrected chi connectivity index (χ3v) is 2.69. The molecule has 0 radical (unpaired) electrons. The molecule has 1 saturated heterocycles. The lowest BCUT2D eigenvalue weighted by molar-refractivity contribution is -0.132. The highest BCUT2D eigenvalue weighted by Gasteiger charge is 2.19. The summed E-state index contributed by atoms with van der Waals surface area (Å²) in [6.07, 6.45) is 1.56. The monoisotopic (exact) mass is 201 g/mol. The molecule has 0 atom stereocenters. The Kier molecular flexibility index (Phi) is 3.36. The fourth-order valence-electron chi connectivity index (χ4n) is 0.926. The molecule has 0 aliphatic carbocycles. The lowest BCUT2D eigenvalue weighted by atomic mass is 10.3. The molecule has 0 aromatic carbocycles. The van der Waals surface area contributed by atoms with Crippen molar-refractivity contribution in [2.45, 2.75) is 6.92 Å². The average Bonchev–Trinajstić information content (AvgIpc) is 2.47. The summed E-state index contributed by atoms with van der Waals surface area (Å²) in [4.78, 5) is 23.1. The molecule has 13 heavy (non-hydrogen) atoms. The molecule has 0 spiro atoms. The molecule has 0 aromatic rings. The molecule has 0 aromatic heterocycles. The van der Waals surface area contributed by atoms with Crippen molar-refractivity contribution in [1.29, 1.82) is 0 Å². The predicted octanol–water partition coefficient (Wildman–Crippen LogP) is 1.19. The van der Waals surface area contributed by atoms with Crippen molar-refractivity contribution < 1.29 is 14.7 Å². The first-order chi connectivity index (χ1) is 6.11. The summed E-state index contributed by atoms with van der Waals surface area (Å²) in [5, 5.41) is 8.58. The van der Waals surface area contributed by atoms with Gasteiger partial charge in [0.15, 0.2) is 0 Å². The summed E-state index contributed by atoms with van der Waals surface area (Å²) in [7, 11) is 0. The first-order valence-corrected chi connectivity index (χ1v) is 4.91. The lowest BCUT2D eigenvalue weighted by Gasteiger charge is -2.10. The van der Waals surface area contributed by atoms with E-state index in [2.05, 4.69) is 0 Å². The Hall–Kier alpha value is -0.970. The zero-order valence-electron chi connectivity index (χ0n) is 7.32. The fraction of sp³-hybridized carbons (Fsp3) is 0.500. The molecule has 1 aliphatic rings. The van der Waals surface area contributed by atoms with Crippen LogP contribution >= 0.6 is 11.8 Å². The highest BCUT2D eigenvalue weighted by molar-refractivity contribution is 8.13. The maximum absolute atomic E-state index is 11.1. The van der Waals surface area contributed by atoms with Crippen LogP contribution in [-0.4, -0.2) is 40.1 Å². The molecule has 5 heteroatoms. The predicted molar refractivity (Wildman–Crippen MR) is 50.8 cm³/mol. The summed E-state index contributed by atoms with van der Waals surface area (Å²) < 4.78 is 0. The molecule has 4 nitrogen and oxygen atoms in total. The summed E-state index contributed by atoms with van der Waals surface area (Å²) in [5.41, 5.74) is 0.282. The maximum atomic E-state index is 11.1. The molecule has 1 heterocycles. The minimum absolute atomic E-state index is 0.0365. The van der Waals surface area contributed by atoms with E-state index in [1.165, 1.54) is 18.7 Å². The quantitative estimate of drug-likeness (QED) is 0.697. The van der Waals surface area contributed by atoms with E-state index in [0.29, 0.717) is 13.1 Å². The smallest absolute Gasteiger partial charge is 0.331 e. The van der Waals surface area contributed by atoms with Crippen LogP contribution in [0.4, 0.5) is 4.79 Å². The van der Waals surface area contributed by atoms with Gasteiger partial charge in [-0.05, 0) is 6.92 Å². The average molecular weight is 201 g/mol. The van der Waals surface area contributed by atoms with Gasteiger partial charge in [-0.25, -0.2) is 4.79 Å². The highest BCUT2D eigenvalue weighted by Crippen LogP contribution is 2.16. The Bertz CT molecular complexity index is 262. The van der Waals surface area contributed by atoms with Crippen molar-refractivity contribution in [2.75, 3.05) is 18.8 Å². The zero-order valence-corrected chi connectivity index (χ0v) is 8.13. The molecule has 1 fully saturated rings. The van der Waals surface area contributed by atoms with E-state index < -0.39 is 5.97 Å². The largest absolute Gasteiger partial charge is 0.478 e. The minimum atomic E-state index is -0.931. The van der Waals surface area contributed by atoms with E-state index >= 15 is 0 Å². The van der Waals surface area contributed by atoms with Crippen LogP contribution in [0.5, 0.6) is 0 Å². The number of carbonyl (C=O) groups excluding carboxylic acids is 1. The van der Waals surface area contributed by atoms with Crippen LogP contribution in [0.2, 0.25) is 0 Å².